The molecule has 0 amide bonds. The first kappa shape index (κ1) is 37.2. The van der Waals surface area contributed by atoms with Crippen molar-refractivity contribution in [3.63, 3.8) is 0 Å². The zero-order valence-corrected chi connectivity index (χ0v) is 10.1. The average Bonchev–Trinajstić information content (AvgIpc) is 0. The van der Waals surface area contributed by atoms with Gasteiger partial charge in [0.2, 0.25) is 0 Å². The fraction of sp³-hybridized carbons (Fsp3) is 0. The van der Waals surface area contributed by atoms with E-state index >= 15 is 0 Å². The molecule has 0 bridgehead atoms. The van der Waals surface area contributed by atoms with Gasteiger partial charge >= 0.3 is 0 Å². The van der Waals surface area contributed by atoms with E-state index in [1.54, 1.807) is 0 Å². The quantitative estimate of drug-likeness (QED) is 0.469. The van der Waals surface area contributed by atoms with E-state index in [0.29, 0.717) is 0 Å². The molecule has 0 unspecified atom stereocenters. The van der Waals surface area contributed by atoms with Crippen molar-refractivity contribution in [1.82, 2.24) is 0 Å². The third kappa shape index (κ3) is 18.2. The van der Waals surface area contributed by atoms with E-state index in [-0.39, 0.29) is 123 Å². The molecule has 0 aromatic carbocycles. The third-order valence-electron chi connectivity index (χ3n) is 0. The first-order valence-corrected chi connectivity index (χ1v) is 0. The summed E-state index contributed by atoms with van der Waals surface area (Å²) >= 11 is 0. The summed E-state index contributed by atoms with van der Waals surface area (Å²) in [6.45, 7) is 0. The Hall–Kier alpha value is 3.78. The zero-order chi connectivity index (χ0) is 0. The molecule has 0 aliphatic heterocycles. The molecule has 0 rings (SSSR count). The summed E-state index contributed by atoms with van der Waals surface area (Å²) in [7, 11) is 0. The largest absolute Gasteiger partial charge is 0 e. The predicted octanol–water partition coefficient (Wildman–Crippen LogP) is -0.386. The van der Waals surface area contributed by atoms with Crippen LogP contribution in [0.2, 0.25) is 0 Å². The Balaban J connectivity index is 0. The number of hydrogen-bond acceptors (Lipinski definition) is 0. The van der Waals surface area contributed by atoms with Crippen molar-refractivity contribution in [2.45, 2.75) is 0 Å². The van der Waals surface area contributed by atoms with E-state index < -0.39 is 0 Å². The molecule has 0 aliphatic rings. The zero-order valence-electron chi connectivity index (χ0n) is 2.17. The first-order valence-electron chi connectivity index (χ1n) is 0. The van der Waals surface area contributed by atoms with Gasteiger partial charge in [0, 0.05) is 123 Å². The summed E-state index contributed by atoms with van der Waals surface area (Å²) in [5.74, 6) is 0. The summed E-state index contributed by atoms with van der Waals surface area (Å²) in [6.07, 6.45) is 0. The minimum atomic E-state index is 0. The maximum absolute atomic E-state index is 0. The molecular weight excluding hydrogens is 420 g/mol. The van der Waals surface area contributed by atoms with E-state index in [2.05, 4.69) is 0 Å². The van der Waals surface area contributed by atoms with Gasteiger partial charge in [-0.05, 0) is 0 Å². The molecule has 0 aromatic heterocycles. The second-order valence-electron chi connectivity index (χ2n) is 0. The smallest absolute Gasteiger partial charge is 0 e. The van der Waals surface area contributed by atoms with Crippen molar-refractivity contribution < 1.29 is 115 Å². The predicted molar refractivity (Wildman–Crippen MR) is 5.75 cm³/mol. The Labute approximate surface area is 120 Å². The van der Waals surface area contributed by atoms with Gasteiger partial charge in [0.15, 0.2) is 0 Å². The standard InChI is InChI=1S/B.Co.Fe.Nd.Sm. The Morgan fingerprint density at radius 3 is 1.00 bits per heavy atom. The molecule has 0 heterocycles. The van der Waals surface area contributed by atoms with Gasteiger partial charge in [-0.15, -0.1) is 0 Å². The molecule has 0 nitrogen and oxygen atoms in total. The van der Waals surface area contributed by atoms with Crippen LogP contribution in [0.4, 0.5) is 0 Å². The molecule has 0 N–H and O–H groups in total. The van der Waals surface area contributed by atoms with E-state index in [4.69, 9.17) is 0 Å². The molecule has 0 saturated heterocycles. The molecule has 5 heavy (non-hydrogen) atoms. The Kier molecular flexibility index (Phi) is 186. The Morgan fingerprint density at radius 2 is 1.00 bits per heavy atom. The summed E-state index contributed by atoms with van der Waals surface area (Å²) in [4.78, 5) is 0. The van der Waals surface area contributed by atoms with Crippen molar-refractivity contribution in [3.8, 4) is 0 Å². The molecule has 0 atom stereocenters. The molecule has 5 heteroatoms. The Bertz CT molecular complexity index is 11.6. The van der Waals surface area contributed by atoms with Gasteiger partial charge in [0.1, 0.15) is 0 Å². The first-order chi connectivity index (χ1) is 0. The van der Waals surface area contributed by atoms with Gasteiger partial charge < -0.3 is 0 Å². The van der Waals surface area contributed by atoms with Crippen LogP contribution in [0.1, 0.15) is 0 Å². The second kappa shape index (κ2) is 25.0. The molecular formula is BCoFeNdSm. The van der Waals surface area contributed by atoms with Gasteiger partial charge in [0.05, 0.1) is 0 Å². The fourth-order valence-corrected chi connectivity index (χ4v) is 0. The maximum Gasteiger partial charge on any atom is 0 e. The second-order valence-corrected chi connectivity index (χ2v) is 0. The van der Waals surface area contributed by atoms with Crippen LogP contribution in [0.5, 0.6) is 0 Å². The van der Waals surface area contributed by atoms with Gasteiger partial charge in [-0.3, -0.25) is 0 Å². The van der Waals surface area contributed by atoms with Gasteiger partial charge in [0.25, 0.3) is 0 Å². The average molecular weight is 420 g/mol. The van der Waals surface area contributed by atoms with E-state index in [1.807, 2.05) is 0 Å². The van der Waals surface area contributed by atoms with Crippen molar-refractivity contribution in [1.29, 1.82) is 0 Å². The van der Waals surface area contributed by atoms with Crippen LogP contribution in [0, 0.1) is 81.2 Å². The molecule has 0 aromatic rings. The molecule has 4 radical (unpaired) electrons. The summed E-state index contributed by atoms with van der Waals surface area (Å²) in [5, 5.41) is 0. The van der Waals surface area contributed by atoms with Crippen LogP contribution in [0.3, 0.4) is 0 Å². The minimum absolute atomic E-state index is 0. The van der Waals surface area contributed by atoms with Crippen LogP contribution in [-0.2, 0) is 33.8 Å². The van der Waals surface area contributed by atoms with Crippen LogP contribution in [0.25, 0.3) is 0 Å². The van der Waals surface area contributed by atoms with Crippen molar-refractivity contribution in [2.24, 2.45) is 0 Å². The van der Waals surface area contributed by atoms with Gasteiger partial charge in [-0.1, -0.05) is 0 Å². The third-order valence-corrected chi connectivity index (χ3v) is 0. The summed E-state index contributed by atoms with van der Waals surface area (Å²) in [5.41, 5.74) is 0. The maximum atomic E-state index is 0. The summed E-state index contributed by atoms with van der Waals surface area (Å²) < 4.78 is 0. The fourth-order valence-electron chi connectivity index (χ4n) is 0. The monoisotopic (exact) mass is 420 g/mol. The van der Waals surface area contributed by atoms with Crippen molar-refractivity contribution in [2.75, 3.05) is 0 Å². The SMILES string of the molecule is [B].[Co].[Fe].[Nd].[Sm]. The molecule has 0 fully saturated rings. The number of hydrogen-bond donors (Lipinski definition) is 0. The van der Waals surface area contributed by atoms with Crippen LogP contribution >= 0.6 is 0 Å². The Morgan fingerprint density at radius 1 is 1.00 bits per heavy atom. The minimum Gasteiger partial charge on any atom is 0 e. The van der Waals surface area contributed by atoms with Gasteiger partial charge in [-0.2, -0.15) is 0 Å². The van der Waals surface area contributed by atoms with Gasteiger partial charge in [-0.25, -0.2) is 0 Å². The number of rotatable bonds is 0. The van der Waals surface area contributed by atoms with Crippen LogP contribution in [-0.4, -0.2) is 8.41 Å². The van der Waals surface area contributed by atoms with Crippen LogP contribution < -0.4 is 0 Å². The van der Waals surface area contributed by atoms with Crippen LogP contribution in [0.15, 0.2) is 0 Å². The summed E-state index contributed by atoms with van der Waals surface area (Å²) in [6, 6.07) is 0. The molecule has 0 spiro atoms. The van der Waals surface area contributed by atoms with E-state index in [0.717, 1.165) is 0 Å². The van der Waals surface area contributed by atoms with Crippen molar-refractivity contribution >= 4 is 8.41 Å². The molecule has 0 aliphatic carbocycles. The van der Waals surface area contributed by atoms with E-state index in [1.165, 1.54) is 0 Å². The van der Waals surface area contributed by atoms with Crippen molar-refractivity contribution in [3.05, 3.63) is 0 Å². The van der Waals surface area contributed by atoms with E-state index in [9.17, 15) is 0 Å². The molecule has 0 saturated carbocycles. The molecule has 30 valence electrons. The topological polar surface area (TPSA) is 0 Å². The normalized spacial score (nSPS) is 0.